The van der Waals surface area contributed by atoms with Crippen molar-refractivity contribution in [1.29, 1.82) is 0 Å². The molecule has 0 spiro atoms. The molecule has 2 aromatic heterocycles. The molecule has 0 radical (unpaired) electrons. The van der Waals surface area contributed by atoms with E-state index in [4.69, 9.17) is 9.51 Å². The average Bonchev–Trinajstić information content (AvgIpc) is 3.06. The van der Waals surface area contributed by atoms with Crippen molar-refractivity contribution in [1.82, 2.24) is 15.0 Å². The van der Waals surface area contributed by atoms with Crippen LogP contribution in [0.1, 0.15) is 58.3 Å². The van der Waals surface area contributed by atoms with Gasteiger partial charge < -0.3 is 9.42 Å². The second-order valence-electron chi connectivity index (χ2n) is 8.36. The Hall–Kier alpha value is -2.95. The summed E-state index contributed by atoms with van der Waals surface area (Å²) < 4.78 is 5.22. The van der Waals surface area contributed by atoms with Gasteiger partial charge in [-0.1, -0.05) is 35.5 Å². The van der Waals surface area contributed by atoms with Crippen LogP contribution in [0.2, 0.25) is 0 Å². The van der Waals surface area contributed by atoms with Gasteiger partial charge in [0.05, 0.1) is 12.1 Å². The Labute approximate surface area is 178 Å². The number of likely N-dealkylation sites (tertiary alicyclic amines) is 1. The highest BCUT2D eigenvalue weighted by atomic mass is 16.5. The fourth-order valence-electron chi connectivity index (χ4n) is 4.37. The molecule has 1 aliphatic heterocycles. The van der Waals surface area contributed by atoms with Crippen molar-refractivity contribution in [2.45, 2.75) is 52.4 Å². The normalized spacial score (nSPS) is 16.6. The quantitative estimate of drug-likeness (QED) is 0.628. The summed E-state index contributed by atoms with van der Waals surface area (Å²) in [7, 11) is 0. The summed E-state index contributed by atoms with van der Waals surface area (Å²) in [4.78, 5) is 19.8. The number of piperidine rings is 1. The second-order valence-corrected chi connectivity index (χ2v) is 8.36. The van der Waals surface area contributed by atoms with Gasteiger partial charge in [0.2, 0.25) is 5.91 Å². The van der Waals surface area contributed by atoms with E-state index in [1.165, 1.54) is 11.1 Å². The highest BCUT2D eigenvalue weighted by molar-refractivity contribution is 5.79. The van der Waals surface area contributed by atoms with Crippen molar-refractivity contribution in [2.75, 3.05) is 13.1 Å². The Morgan fingerprint density at radius 1 is 1.13 bits per heavy atom. The molecule has 4 rings (SSSR count). The predicted octanol–water partition coefficient (Wildman–Crippen LogP) is 4.53. The lowest BCUT2D eigenvalue weighted by Crippen LogP contribution is -2.40. The first-order valence-corrected chi connectivity index (χ1v) is 10.7. The summed E-state index contributed by atoms with van der Waals surface area (Å²) in [5, 5.41) is 3.97. The molecule has 0 bridgehead atoms. The van der Waals surface area contributed by atoms with Crippen molar-refractivity contribution < 1.29 is 9.32 Å². The number of pyridine rings is 1. The first kappa shape index (κ1) is 20.3. The number of rotatable bonds is 5. The van der Waals surface area contributed by atoms with E-state index < -0.39 is 0 Å². The van der Waals surface area contributed by atoms with Crippen LogP contribution in [0.4, 0.5) is 0 Å². The zero-order chi connectivity index (χ0) is 21.1. The van der Waals surface area contributed by atoms with Gasteiger partial charge in [-0.15, -0.1) is 0 Å². The number of nitrogens with zero attached hydrogens (tertiary/aromatic N) is 3. The van der Waals surface area contributed by atoms with Crippen molar-refractivity contribution in [3.63, 3.8) is 0 Å². The van der Waals surface area contributed by atoms with Crippen molar-refractivity contribution >= 4 is 5.91 Å². The summed E-state index contributed by atoms with van der Waals surface area (Å²) in [5.41, 5.74) is 6.45. The lowest BCUT2D eigenvalue weighted by atomic mass is 9.92. The summed E-state index contributed by atoms with van der Waals surface area (Å²) in [6.07, 6.45) is 3.32. The summed E-state index contributed by atoms with van der Waals surface area (Å²) in [6, 6.07) is 14.9. The zero-order valence-electron chi connectivity index (χ0n) is 18.0. The number of carbonyl (C=O) groups is 1. The Balaban J connectivity index is 1.48. The minimum absolute atomic E-state index is 0.145. The van der Waals surface area contributed by atoms with Crippen LogP contribution in [0.5, 0.6) is 0 Å². The van der Waals surface area contributed by atoms with E-state index >= 15 is 0 Å². The van der Waals surface area contributed by atoms with Crippen molar-refractivity contribution in [2.24, 2.45) is 0 Å². The zero-order valence-corrected chi connectivity index (χ0v) is 18.0. The van der Waals surface area contributed by atoms with E-state index in [9.17, 15) is 4.79 Å². The van der Waals surface area contributed by atoms with Crippen LogP contribution >= 0.6 is 0 Å². The largest absolute Gasteiger partial charge is 0.361 e. The Kier molecular flexibility index (Phi) is 5.98. The fourth-order valence-corrected chi connectivity index (χ4v) is 4.37. The van der Waals surface area contributed by atoms with Gasteiger partial charge in [-0.2, -0.15) is 0 Å². The number of hydrogen-bond donors (Lipinski definition) is 0. The van der Waals surface area contributed by atoms with Gasteiger partial charge in [0.1, 0.15) is 5.76 Å². The average molecular weight is 404 g/mol. The molecule has 5 heteroatoms. The molecule has 1 saturated heterocycles. The molecule has 3 aromatic rings. The smallest absolute Gasteiger partial charge is 0.227 e. The van der Waals surface area contributed by atoms with Crippen LogP contribution in [0, 0.1) is 20.8 Å². The standard InChI is InChI=1S/C25H29N3O2/c1-17-12-21(13-20-8-5-4-6-9-20)14-24(26-17)22-10-7-11-28(16-22)25(29)15-23-18(2)27-30-19(23)3/h4-6,8-9,12,14,22H,7,10-11,13,15-16H2,1-3H3/t22-/m0/s1. The lowest BCUT2D eigenvalue weighted by Gasteiger charge is -2.33. The molecule has 156 valence electrons. The number of amides is 1. The Morgan fingerprint density at radius 2 is 1.93 bits per heavy atom. The highest BCUT2D eigenvalue weighted by Crippen LogP contribution is 2.28. The van der Waals surface area contributed by atoms with Crippen LogP contribution in [0.25, 0.3) is 0 Å². The van der Waals surface area contributed by atoms with Gasteiger partial charge in [0.15, 0.2) is 0 Å². The van der Waals surface area contributed by atoms with Gasteiger partial charge in [0, 0.05) is 36.0 Å². The molecule has 1 amide bonds. The Bertz CT molecular complexity index is 1010. The Morgan fingerprint density at radius 3 is 2.67 bits per heavy atom. The van der Waals surface area contributed by atoms with Gasteiger partial charge in [0.25, 0.3) is 0 Å². The SMILES string of the molecule is Cc1cc(Cc2ccccc2)cc([C@H]2CCCN(C(=O)Cc3c(C)noc3C)C2)n1. The van der Waals surface area contributed by atoms with E-state index in [0.717, 1.165) is 60.8 Å². The van der Waals surface area contributed by atoms with Crippen LogP contribution in [-0.2, 0) is 17.6 Å². The minimum Gasteiger partial charge on any atom is -0.361 e. The van der Waals surface area contributed by atoms with E-state index in [-0.39, 0.29) is 11.8 Å². The summed E-state index contributed by atoms with van der Waals surface area (Å²) >= 11 is 0. The van der Waals surface area contributed by atoms with E-state index in [1.54, 1.807) is 0 Å². The van der Waals surface area contributed by atoms with E-state index in [2.05, 4.69) is 48.5 Å². The molecule has 5 nitrogen and oxygen atoms in total. The maximum atomic E-state index is 13.0. The second kappa shape index (κ2) is 8.82. The molecule has 1 aromatic carbocycles. The molecular weight excluding hydrogens is 374 g/mol. The first-order valence-electron chi connectivity index (χ1n) is 10.7. The summed E-state index contributed by atoms with van der Waals surface area (Å²) in [6.45, 7) is 7.35. The minimum atomic E-state index is 0.145. The molecular formula is C25H29N3O2. The van der Waals surface area contributed by atoms with Crippen molar-refractivity contribution in [3.8, 4) is 0 Å². The molecule has 3 heterocycles. The first-order chi connectivity index (χ1) is 14.5. The third-order valence-electron chi connectivity index (χ3n) is 5.99. The summed E-state index contributed by atoms with van der Waals surface area (Å²) in [5.74, 6) is 1.16. The molecule has 1 atom stereocenters. The number of hydrogen-bond acceptors (Lipinski definition) is 4. The number of aryl methyl sites for hydroxylation is 3. The molecule has 0 N–H and O–H groups in total. The van der Waals surface area contributed by atoms with E-state index in [1.807, 2.05) is 24.8 Å². The lowest BCUT2D eigenvalue weighted by molar-refractivity contribution is -0.131. The van der Waals surface area contributed by atoms with Gasteiger partial charge >= 0.3 is 0 Å². The van der Waals surface area contributed by atoms with Gasteiger partial charge in [-0.3, -0.25) is 9.78 Å². The molecule has 0 aliphatic carbocycles. The van der Waals surface area contributed by atoms with Crippen LogP contribution in [-0.4, -0.2) is 34.0 Å². The van der Waals surface area contributed by atoms with Gasteiger partial charge in [-0.25, -0.2) is 0 Å². The number of carbonyl (C=O) groups excluding carboxylic acids is 1. The van der Waals surface area contributed by atoms with Crippen LogP contribution in [0.15, 0.2) is 47.0 Å². The van der Waals surface area contributed by atoms with Crippen LogP contribution in [0.3, 0.4) is 0 Å². The maximum absolute atomic E-state index is 13.0. The van der Waals surface area contributed by atoms with E-state index in [0.29, 0.717) is 6.42 Å². The third-order valence-corrected chi connectivity index (χ3v) is 5.99. The monoisotopic (exact) mass is 403 g/mol. The molecule has 1 aliphatic rings. The maximum Gasteiger partial charge on any atom is 0.227 e. The number of aromatic nitrogens is 2. The van der Waals surface area contributed by atoms with Crippen LogP contribution < -0.4 is 0 Å². The predicted molar refractivity (Wildman–Crippen MR) is 116 cm³/mol. The fraction of sp³-hybridized carbons (Fsp3) is 0.400. The number of benzene rings is 1. The molecule has 1 fully saturated rings. The van der Waals surface area contributed by atoms with Gasteiger partial charge in [-0.05, 0) is 63.3 Å². The molecule has 0 saturated carbocycles. The topological polar surface area (TPSA) is 59.2 Å². The highest BCUT2D eigenvalue weighted by Gasteiger charge is 2.27. The third kappa shape index (κ3) is 4.61. The molecule has 30 heavy (non-hydrogen) atoms. The molecule has 0 unspecified atom stereocenters. The van der Waals surface area contributed by atoms with Crippen molar-refractivity contribution in [3.05, 3.63) is 82.0 Å².